The number of halogens is 1. The van der Waals surface area contributed by atoms with Crippen molar-refractivity contribution in [2.45, 2.75) is 12.5 Å². The maximum atomic E-state index is 12.2. The van der Waals surface area contributed by atoms with E-state index in [0.29, 0.717) is 32.7 Å². The SMILES string of the molecule is O=C1CC(OC(=O)N2CCN(c3ccn4ncc(Br)c4n3)CC2)CN1. The minimum Gasteiger partial charge on any atom is -0.444 e. The lowest BCUT2D eigenvalue weighted by Gasteiger charge is -2.35. The van der Waals surface area contributed by atoms with Gasteiger partial charge in [0.25, 0.3) is 0 Å². The Morgan fingerprint density at radius 1 is 1.32 bits per heavy atom. The summed E-state index contributed by atoms with van der Waals surface area (Å²) in [6.07, 6.45) is 3.11. The molecule has 0 aliphatic carbocycles. The van der Waals surface area contributed by atoms with Crippen LogP contribution in [0.15, 0.2) is 22.9 Å². The Hall–Kier alpha value is -2.36. The van der Waals surface area contributed by atoms with Gasteiger partial charge in [0.2, 0.25) is 5.91 Å². The van der Waals surface area contributed by atoms with Crippen LogP contribution in [0.2, 0.25) is 0 Å². The Bertz CT molecular complexity index is 817. The molecule has 2 aromatic rings. The number of rotatable bonds is 2. The third-order valence-electron chi connectivity index (χ3n) is 4.38. The molecule has 25 heavy (non-hydrogen) atoms. The monoisotopic (exact) mass is 408 g/mol. The van der Waals surface area contributed by atoms with Gasteiger partial charge in [0.15, 0.2) is 5.65 Å². The van der Waals surface area contributed by atoms with Crippen molar-refractivity contribution < 1.29 is 14.3 Å². The van der Waals surface area contributed by atoms with Crippen molar-refractivity contribution in [1.29, 1.82) is 0 Å². The summed E-state index contributed by atoms with van der Waals surface area (Å²) >= 11 is 3.44. The Kier molecular flexibility index (Phi) is 4.20. The van der Waals surface area contributed by atoms with Crippen LogP contribution in [0, 0.1) is 0 Å². The minimum atomic E-state index is -0.360. The molecule has 2 aliphatic heterocycles. The summed E-state index contributed by atoms with van der Waals surface area (Å²) in [4.78, 5) is 31.8. The van der Waals surface area contributed by atoms with Crippen molar-refractivity contribution in [2.24, 2.45) is 0 Å². The van der Waals surface area contributed by atoms with Crippen LogP contribution in [0.3, 0.4) is 0 Å². The van der Waals surface area contributed by atoms with E-state index in [1.54, 1.807) is 15.6 Å². The number of nitrogens with one attached hydrogen (secondary N) is 1. The molecule has 2 fully saturated rings. The summed E-state index contributed by atoms with van der Waals surface area (Å²) in [5.74, 6) is 0.780. The topological polar surface area (TPSA) is 92.1 Å². The highest BCUT2D eigenvalue weighted by Crippen LogP contribution is 2.20. The van der Waals surface area contributed by atoms with Gasteiger partial charge in [0.05, 0.1) is 23.6 Å². The number of piperazine rings is 1. The first kappa shape index (κ1) is 16.1. The first-order chi connectivity index (χ1) is 12.1. The molecular weight excluding hydrogens is 392 g/mol. The van der Waals surface area contributed by atoms with Gasteiger partial charge >= 0.3 is 6.09 Å². The Morgan fingerprint density at radius 3 is 2.84 bits per heavy atom. The van der Waals surface area contributed by atoms with Crippen LogP contribution in [0.5, 0.6) is 0 Å². The van der Waals surface area contributed by atoms with Crippen LogP contribution in [0.25, 0.3) is 5.65 Å². The third kappa shape index (κ3) is 3.26. The second kappa shape index (κ2) is 6.51. The standard InChI is InChI=1S/C15H17BrN6O3/c16-11-9-18-22-2-1-12(19-14(11)22)20-3-5-21(6-4-20)15(24)25-10-7-13(23)17-8-10/h1-2,9-10H,3-8H2,(H,17,23). The number of hydrogen-bond acceptors (Lipinski definition) is 6. The molecule has 2 aromatic heterocycles. The van der Waals surface area contributed by atoms with E-state index in [-0.39, 0.29) is 24.5 Å². The zero-order valence-corrected chi connectivity index (χ0v) is 15.0. The van der Waals surface area contributed by atoms with Gasteiger partial charge in [0.1, 0.15) is 11.9 Å². The van der Waals surface area contributed by atoms with Gasteiger partial charge in [-0.05, 0) is 22.0 Å². The fourth-order valence-corrected chi connectivity index (χ4v) is 3.37. The van der Waals surface area contributed by atoms with E-state index in [1.807, 2.05) is 12.3 Å². The Balaban J connectivity index is 1.36. The Morgan fingerprint density at radius 2 is 2.12 bits per heavy atom. The number of anilines is 1. The van der Waals surface area contributed by atoms with Crippen LogP contribution in [0.4, 0.5) is 10.6 Å². The summed E-state index contributed by atoms with van der Waals surface area (Å²) in [6, 6.07) is 1.91. The third-order valence-corrected chi connectivity index (χ3v) is 4.94. The van der Waals surface area contributed by atoms with E-state index in [1.165, 1.54) is 0 Å². The summed E-state index contributed by atoms with van der Waals surface area (Å²) in [5.41, 5.74) is 0.762. The van der Waals surface area contributed by atoms with Crippen molar-refractivity contribution in [3.63, 3.8) is 0 Å². The summed E-state index contributed by atoms with van der Waals surface area (Å²) in [5, 5.41) is 6.85. The number of carbonyl (C=O) groups is 2. The second-order valence-electron chi connectivity index (χ2n) is 6.03. The van der Waals surface area contributed by atoms with Crippen LogP contribution in [0.1, 0.15) is 6.42 Å². The smallest absolute Gasteiger partial charge is 0.410 e. The van der Waals surface area contributed by atoms with Gasteiger partial charge in [-0.1, -0.05) is 0 Å². The van der Waals surface area contributed by atoms with Crippen molar-refractivity contribution in [2.75, 3.05) is 37.6 Å². The second-order valence-corrected chi connectivity index (χ2v) is 6.89. The highest BCUT2D eigenvalue weighted by molar-refractivity contribution is 9.10. The molecule has 0 radical (unpaired) electrons. The van der Waals surface area contributed by atoms with E-state index in [2.05, 4.69) is 36.2 Å². The molecule has 1 unspecified atom stereocenters. The van der Waals surface area contributed by atoms with Crippen LogP contribution in [-0.2, 0) is 9.53 Å². The maximum absolute atomic E-state index is 12.2. The fraction of sp³-hybridized carbons (Fsp3) is 0.467. The van der Waals surface area contributed by atoms with Crippen molar-refractivity contribution in [3.8, 4) is 0 Å². The molecule has 2 aliphatic rings. The molecule has 2 amide bonds. The van der Waals surface area contributed by atoms with E-state index >= 15 is 0 Å². The van der Waals surface area contributed by atoms with E-state index < -0.39 is 0 Å². The predicted molar refractivity (Wildman–Crippen MR) is 92.4 cm³/mol. The summed E-state index contributed by atoms with van der Waals surface area (Å²) in [7, 11) is 0. The lowest BCUT2D eigenvalue weighted by Crippen LogP contribution is -2.49. The van der Waals surface area contributed by atoms with Gasteiger partial charge in [-0.2, -0.15) is 5.10 Å². The molecule has 9 nitrogen and oxygen atoms in total. The zero-order chi connectivity index (χ0) is 17.4. The number of carbonyl (C=O) groups excluding carboxylic acids is 2. The fourth-order valence-electron chi connectivity index (χ4n) is 3.00. The highest BCUT2D eigenvalue weighted by Gasteiger charge is 2.29. The van der Waals surface area contributed by atoms with Crippen LogP contribution >= 0.6 is 15.9 Å². The zero-order valence-electron chi connectivity index (χ0n) is 13.4. The summed E-state index contributed by atoms with van der Waals surface area (Å²) in [6.45, 7) is 2.85. The number of hydrogen-bond donors (Lipinski definition) is 1. The van der Waals surface area contributed by atoms with Gasteiger partial charge < -0.3 is 19.9 Å². The average molecular weight is 409 g/mol. The number of amides is 2. The molecule has 2 saturated heterocycles. The quantitative estimate of drug-likeness (QED) is 0.783. The van der Waals surface area contributed by atoms with Gasteiger partial charge in [-0.25, -0.2) is 14.3 Å². The Labute approximate surface area is 152 Å². The lowest BCUT2D eigenvalue weighted by molar-refractivity contribution is -0.119. The number of nitrogens with zero attached hydrogens (tertiary/aromatic N) is 5. The molecule has 1 N–H and O–H groups in total. The van der Waals surface area contributed by atoms with E-state index in [0.717, 1.165) is 15.9 Å². The molecule has 0 aromatic carbocycles. The van der Waals surface area contributed by atoms with Crippen molar-refractivity contribution in [1.82, 2.24) is 24.8 Å². The highest BCUT2D eigenvalue weighted by atomic mass is 79.9. The van der Waals surface area contributed by atoms with E-state index in [9.17, 15) is 9.59 Å². The molecule has 0 bridgehead atoms. The normalized spacial score (nSPS) is 20.8. The van der Waals surface area contributed by atoms with Crippen LogP contribution in [-0.4, -0.2) is 70.3 Å². The first-order valence-corrected chi connectivity index (χ1v) is 8.86. The lowest BCUT2D eigenvalue weighted by atomic mass is 10.3. The molecule has 1 atom stereocenters. The summed E-state index contributed by atoms with van der Waals surface area (Å²) < 4.78 is 7.93. The van der Waals surface area contributed by atoms with E-state index in [4.69, 9.17) is 4.74 Å². The molecule has 132 valence electrons. The van der Waals surface area contributed by atoms with Gasteiger partial charge in [0, 0.05) is 32.4 Å². The molecule has 10 heteroatoms. The molecule has 0 spiro atoms. The first-order valence-electron chi connectivity index (χ1n) is 8.07. The number of ether oxygens (including phenoxy) is 1. The molecular formula is C15H17BrN6O3. The minimum absolute atomic E-state index is 0.0740. The largest absolute Gasteiger partial charge is 0.444 e. The number of fused-ring (bicyclic) bond motifs is 1. The molecule has 0 saturated carbocycles. The van der Waals surface area contributed by atoms with Gasteiger partial charge in [-0.15, -0.1) is 0 Å². The van der Waals surface area contributed by atoms with Gasteiger partial charge in [-0.3, -0.25) is 4.79 Å². The predicted octanol–water partition coefficient (Wildman–Crippen LogP) is 0.639. The number of aromatic nitrogens is 3. The molecule has 4 rings (SSSR count). The average Bonchev–Trinajstić information content (AvgIpc) is 3.20. The van der Waals surface area contributed by atoms with Crippen LogP contribution < -0.4 is 10.2 Å². The molecule has 4 heterocycles. The maximum Gasteiger partial charge on any atom is 0.410 e. The van der Waals surface area contributed by atoms with Crippen molar-refractivity contribution in [3.05, 3.63) is 22.9 Å². The van der Waals surface area contributed by atoms with Crippen molar-refractivity contribution >= 4 is 39.4 Å².